The highest BCUT2D eigenvalue weighted by atomic mass is 32.1. The number of hydrogen-bond donors (Lipinski definition) is 0. The van der Waals surface area contributed by atoms with Gasteiger partial charge in [-0.25, -0.2) is 0 Å². The van der Waals surface area contributed by atoms with E-state index in [1.807, 2.05) is 0 Å². The predicted molar refractivity (Wildman–Crippen MR) is 58.8 cm³/mol. The first-order valence-corrected chi connectivity index (χ1v) is 5.69. The fraction of sp³-hybridized carbons (Fsp3) is 0.636. The van der Waals surface area contributed by atoms with Crippen molar-refractivity contribution >= 4 is 11.3 Å². The van der Waals surface area contributed by atoms with Crippen molar-refractivity contribution in [1.82, 2.24) is 0 Å². The summed E-state index contributed by atoms with van der Waals surface area (Å²) in [5.41, 5.74) is 1.52. The van der Waals surface area contributed by atoms with E-state index >= 15 is 0 Å². The average Bonchev–Trinajstić information content (AvgIpc) is 2.47. The molecule has 1 rings (SSSR count). The maximum absolute atomic E-state index is 5.66. The van der Waals surface area contributed by atoms with Crippen LogP contribution in [0.4, 0.5) is 0 Å². The van der Waals surface area contributed by atoms with Gasteiger partial charge in [-0.15, -0.1) is 11.3 Å². The maximum atomic E-state index is 5.66. The van der Waals surface area contributed by atoms with Crippen molar-refractivity contribution in [3.05, 3.63) is 16.3 Å². The van der Waals surface area contributed by atoms with Crippen LogP contribution >= 0.6 is 11.3 Å². The van der Waals surface area contributed by atoms with E-state index in [1.165, 1.54) is 5.56 Å². The third-order valence-electron chi connectivity index (χ3n) is 1.90. The molecule has 0 amide bonds. The van der Waals surface area contributed by atoms with Gasteiger partial charge >= 0.3 is 0 Å². The predicted octanol–water partition coefficient (Wildman–Crippen LogP) is 3.83. The van der Waals surface area contributed by atoms with Crippen LogP contribution in [0.15, 0.2) is 10.8 Å². The summed E-state index contributed by atoms with van der Waals surface area (Å²) in [6.07, 6.45) is 1.07. The quantitative estimate of drug-likeness (QED) is 0.717. The molecule has 0 spiro atoms. The molecule has 0 aromatic carbocycles. The fourth-order valence-corrected chi connectivity index (χ4v) is 2.15. The molecule has 0 atom stereocenters. The minimum Gasteiger partial charge on any atom is -0.492 e. The Hall–Kier alpha value is -0.500. The standard InChI is InChI=1S/C11H18OS/c1-5-6-12-10-8-13-7-9(10)11(2,3)4/h7-8H,5-6H2,1-4H3. The molecular formula is C11H18OS. The SMILES string of the molecule is CCCOc1cscc1C(C)(C)C. The average molecular weight is 198 g/mol. The van der Waals surface area contributed by atoms with E-state index in [-0.39, 0.29) is 5.41 Å². The molecule has 0 aliphatic rings. The Morgan fingerprint density at radius 2 is 2.00 bits per heavy atom. The lowest BCUT2D eigenvalue weighted by atomic mass is 9.89. The summed E-state index contributed by atoms with van der Waals surface area (Å²) in [5.74, 6) is 1.07. The molecule has 74 valence electrons. The highest BCUT2D eigenvalue weighted by Crippen LogP contribution is 2.34. The minimum absolute atomic E-state index is 0.197. The van der Waals surface area contributed by atoms with Gasteiger partial charge in [-0.2, -0.15) is 0 Å². The molecule has 1 nitrogen and oxygen atoms in total. The number of thiophene rings is 1. The molecule has 2 heteroatoms. The number of rotatable bonds is 3. The van der Waals surface area contributed by atoms with E-state index in [0.717, 1.165) is 18.8 Å². The van der Waals surface area contributed by atoms with Gasteiger partial charge in [0, 0.05) is 10.9 Å². The molecule has 1 aromatic rings. The molecule has 0 aliphatic carbocycles. The van der Waals surface area contributed by atoms with E-state index in [2.05, 4.69) is 38.5 Å². The first-order valence-electron chi connectivity index (χ1n) is 4.75. The van der Waals surface area contributed by atoms with Crippen molar-refractivity contribution in [3.63, 3.8) is 0 Å². The second-order valence-corrected chi connectivity index (χ2v) is 4.99. The summed E-state index contributed by atoms with van der Waals surface area (Å²) in [5, 5.41) is 4.28. The summed E-state index contributed by atoms with van der Waals surface area (Å²) in [6, 6.07) is 0. The maximum Gasteiger partial charge on any atom is 0.133 e. The Balaban J connectivity index is 2.77. The van der Waals surface area contributed by atoms with Crippen LogP contribution in [0, 0.1) is 0 Å². The van der Waals surface area contributed by atoms with Crippen LogP contribution < -0.4 is 4.74 Å². The molecule has 0 bridgehead atoms. The van der Waals surface area contributed by atoms with Crippen molar-refractivity contribution in [3.8, 4) is 5.75 Å². The monoisotopic (exact) mass is 198 g/mol. The lowest BCUT2D eigenvalue weighted by Gasteiger charge is -2.19. The van der Waals surface area contributed by atoms with Gasteiger partial charge in [-0.1, -0.05) is 27.7 Å². The van der Waals surface area contributed by atoms with Gasteiger partial charge in [0.2, 0.25) is 0 Å². The lowest BCUT2D eigenvalue weighted by Crippen LogP contribution is -2.11. The van der Waals surface area contributed by atoms with Crippen LogP contribution in [0.1, 0.15) is 39.7 Å². The van der Waals surface area contributed by atoms with Gasteiger partial charge in [0.25, 0.3) is 0 Å². The zero-order valence-electron chi connectivity index (χ0n) is 8.89. The molecule has 1 heterocycles. The van der Waals surface area contributed by atoms with Crippen molar-refractivity contribution < 1.29 is 4.74 Å². The number of hydrogen-bond acceptors (Lipinski definition) is 2. The third kappa shape index (κ3) is 2.73. The van der Waals surface area contributed by atoms with Crippen molar-refractivity contribution in [2.24, 2.45) is 0 Å². The van der Waals surface area contributed by atoms with Gasteiger partial charge in [0.15, 0.2) is 0 Å². The molecule has 0 saturated carbocycles. The van der Waals surface area contributed by atoms with Crippen LogP contribution in [0.25, 0.3) is 0 Å². The molecule has 0 fully saturated rings. The molecular weight excluding hydrogens is 180 g/mol. The third-order valence-corrected chi connectivity index (χ3v) is 2.62. The van der Waals surface area contributed by atoms with Crippen LogP contribution in [-0.2, 0) is 5.41 Å². The Morgan fingerprint density at radius 3 is 2.54 bits per heavy atom. The molecule has 0 N–H and O–H groups in total. The Bertz CT molecular complexity index is 257. The minimum atomic E-state index is 0.197. The second kappa shape index (κ2) is 4.14. The summed E-state index contributed by atoms with van der Waals surface area (Å²) < 4.78 is 5.66. The van der Waals surface area contributed by atoms with Gasteiger partial charge in [-0.3, -0.25) is 0 Å². The molecule has 0 radical (unpaired) electrons. The number of ether oxygens (including phenoxy) is 1. The highest BCUT2D eigenvalue weighted by Gasteiger charge is 2.19. The molecule has 0 saturated heterocycles. The molecule has 0 aliphatic heterocycles. The zero-order valence-corrected chi connectivity index (χ0v) is 9.70. The van der Waals surface area contributed by atoms with Crippen molar-refractivity contribution in [2.45, 2.75) is 39.5 Å². The Morgan fingerprint density at radius 1 is 1.31 bits per heavy atom. The van der Waals surface area contributed by atoms with E-state index in [0.29, 0.717) is 0 Å². The van der Waals surface area contributed by atoms with Crippen molar-refractivity contribution in [1.29, 1.82) is 0 Å². The summed E-state index contributed by atoms with van der Waals surface area (Å²) >= 11 is 1.72. The summed E-state index contributed by atoms with van der Waals surface area (Å²) in [7, 11) is 0. The highest BCUT2D eigenvalue weighted by molar-refractivity contribution is 7.08. The van der Waals surface area contributed by atoms with Crippen molar-refractivity contribution in [2.75, 3.05) is 6.61 Å². The van der Waals surface area contributed by atoms with Crippen LogP contribution in [-0.4, -0.2) is 6.61 Å². The Labute approximate surface area is 84.7 Å². The largest absolute Gasteiger partial charge is 0.492 e. The summed E-state index contributed by atoms with van der Waals surface area (Å²) in [6.45, 7) is 9.60. The van der Waals surface area contributed by atoms with E-state index in [4.69, 9.17) is 4.74 Å². The van der Waals surface area contributed by atoms with Gasteiger partial charge in [0.1, 0.15) is 5.75 Å². The first-order chi connectivity index (χ1) is 6.05. The van der Waals surface area contributed by atoms with E-state index in [9.17, 15) is 0 Å². The molecule has 13 heavy (non-hydrogen) atoms. The molecule has 0 unspecified atom stereocenters. The molecule has 1 aromatic heterocycles. The lowest BCUT2D eigenvalue weighted by molar-refractivity contribution is 0.310. The van der Waals surface area contributed by atoms with Gasteiger partial charge < -0.3 is 4.74 Å². The zero-order chi connectivity index (χ0) is 9.90. The van der Waals surface area contributed by atoms with Crippen LogP contribution in [0.3, 0.4) is 0 Å². The smallest absolute Gasteiger partial charge is 0.133 e. The summed E-state index contributed by atoms with van der Waals surface area (Å²) in [4.78, 5) is 0. The topological polar surface area (TPSA) is 9.23 Å². The second-order valence-electron chi connectivity index (χ2n) is 4.25. The first kappa shape index (κ1) is 10.6. The van der Waals surface area contributed by atoms with Crippen LogP contribution in [0.5, 0.6) is 5.75 Å². The fourth-order valence-electron chi connectivity index (χ4n) is 1.16. The van der Waals surface area contributed by atoms with Crippen LogP contribution in [0.2, 0.25) is 0 Å². The normalized spacial score (nSPS) is 11.7. The van der Waals surface area contributed by atoms with E-state index < -0.39 is 0 Å². The van der Waals surface area contributed by atoms with Gasteiger partial charge in [0.05, 0.1) is 6.61 Å². The Kier molecular flexibility index (Phi) is 3.37. The van der Waals surface area contributed by atoms with E-state index in [1.54, 1.807) is 11.3 Å². The van der Waals surface area contributed by atoms with Gasteiger partial charge in [-0.05, 0) is 17.2 Å².